The molecule has 4 heterocycles. The normalized spacial score (nSPS) is 25.1. The van der Waals surface area contributed by atoms with Crippen molar-refractivity contribution in [3.63, 3.8) is 0 Å². The van der Waals surface area contributed by atoms with Crippen molar-refractivity contribution >= 4 is 5.95 Å². The van der Waals surface area contributed by atoms with Crippen LogP contribution in [0.4, 0.5) is 5.95 Å². The summed E-state index contributed by atoms with van der Waals surface area (Å²) in [6, 6.07) is 3.90. The van der Waals surface area contributed by atoms with E-state index in [1.807, 2.05) is 30.1 Å². The molecule has 6 heteroatoms. The molecule has 2 fully saturated rings. The molecule has 4 rings (SSSR count). The Morgan fingerprint density at radius 2 is 1.95 bits per heavy atom. The largest absolute Gasteiger partial charge is 0.371 e. The van der Waals surface area contributed by atoms with Crippen molar-refractivity contribution < 1.29 is 4.74 Å². The fraction of sp³-hybridized carbons (Fsp3) is 0.533. The van der Waals surface area contributed by atoms with Crippen LogP contribution in [0.3, 0.4) is 0 Å². The molecule has 0 aromatic carbocycles. The van der Waals surface area contributed by atoms with E-state index >= 15 is 0 Å². The molecule has 2 bridgehead atoms. The lowest BCUT2D eigenvalue weighted by Crippen LogP contribution is -2.50. The predicted octanol–water partition coefficient (Wildman–Crippen LogP) is 1.63. The first-order chi connectivity index (χ1) is 10.3. The number of rotatable bonds is 2. The summed E-state index contributed by atoms with van der Waals surface area (Å²) in [4.78, 5) is 11.4. The molecule has 0 spiro atoms. The molecule has 2 unspecified atom stereocenters. The Balaban J connectivity index is 1.62. The zero-order chi connectivity index (χ0) is 14.2. The van der Waals surface area contributed by atoms with Crippen LogP contribution in [0, 0.1) is 0 Å². The molecule has 0 amide bonds. The summed E-state index contributed by atoms with van der Waals surface area (Å²) in [6.45, 7) is 1.79. The van der Waals surface area contributed by atoms with Crippen LogP contribution in [-0.4, -0.2) is 45.0 Å². The summed E-state index contributed by atoms with van der Waals surface area (Å²) in [5.41, 5.74) is 1.92. The van der Waals surface area contributed by atoms with Crippen LogP contribution in [0.2, 0.25) is 0 Å². The van der Waals surface area contributed by atoms with Gasteiger partial charge >= 0.3 is 0 Å². The van der Waals surface area contributed by atoms with E-state index in [2.05, 4.69) is 15.0 Å². The van der Waals surface area contributed by atoms with Gasteiger partial charge in [0.25, 0.3) is 0 Å². The van der Waals surface area contributed by atoms with Gasteiger partial charge in [0, 0.05) is 32.5 Å². The lowest BCUT2D eigenvalue weighted by atomic mass is 10.00. The predicted molar refractivity (Wildman–Crippen MR) is 79.0 cm³/mol. The number of fused-ring (bicyclic) bond motifs is 2. The van der Waals surface area contributed by atoms with Gasteiger partial charge in [0.15, 0.2) is 0 Å². The summed E-state index contributed by atoms with van der Waals surface area (Å²) in [6.07, 6.45) is 7.86. The molecule has 2 saturated heterocycles. The third kappa shape index (κ3) is 2.40. The van der Waals surface area contributed by atoms with Gasteiger partial charge in [0.1, 0.15) is 0 Å². The topological polar surface area (TPSA) is 56.1 Å². The number of nitrogens with zero attached hydrogens (tertiary/aromatic N) is 5. The number of aryl methyl sites for hydroxylation is 1. The average Bonchev–Trinajstić information content (AvgIpc) is 2.93. The van der Waals surface area contributed by atoms with E-state index in [9.17, 15) is 0 Å². The van der Waals surface area contributed by atoms with E-state index in [0.29, 0.717) is 12.2 Å². The fourth-order valence-electron chi connectivity index (χ4n) is 3.25. The van der Waals surface area contributed by atoms with Gasteiger partial charge in [-0.1, -0.05) is 0 Å². The molecule has 2 atom stereocenters. The van der Waals surface area contributed by atoms with Gasteiger partial charge in [0.05, 0.1) is 23.6 Å². The third-order valence-electron chi connectivity index (χ3n) is 4.29. The summed E-state index contributed by atoms with van der Waals surface area (Å²) in [7, 11) is 1.93. The van der Waals surface area contributed by atoms with Crippen LogP contribution in [0.1, 0.15) is 19.3 Å². The maximum atomic E-state index is 5.98. The van der Waals surface area contributed by atoms with Crippen molar-refractivity contribution in [3.05, 3.63) is 24.5 Å². The Bertz CT molecular complexity index is 628. The van der Waals surface area contributed by atoms with Gasteiger partial charge in [-0.25, -0.2) is 9.97 Å². The van der Waals surface area contributed by atoms with Gasteiger partial charge < -0.3 is 9.64 Å². The second kappa shape index (κ2) is 5.11. The number of ether oxygens (including phenoxy) is 1. The molecule has 2 aromatic heterocycles. The molecule has 0 radical (unpaired) electrons. The summed E-state index contributed by atoms with van der Waals surface area (Å²) < 4.78 is 7.82. The molecule has 2 aliphatic rings. The van der Waals surface area contributed by atoms with Crippen LogP contribution < -0.4 is 4.90 Å². The Labute approximate surface area is 123 Å². The highest BCUT2D eigenvalue weighted by Gasteiger charge is 2.32. The first-order valence-corrected chi connectivity index (χ1v) is 7.51. The molecule has 0 N–H and O–H groups in total. The van der Waals surface area contributed by atoms with Crippen molar-refractivity contribution in [2.24, 2.45) is 7.05 Å². The van der Waals surface area contributed by atoms with Gasteiger partial charge in [-0.05, 0) is 31.4 Å². The molecule has 110 valence electrons. The lowest BCUT2D eigenvalue weighted by Gasteiger charge is -2.41. The summed E-state index contributed by atoms with van der Waals surface area (Å²) in [5, 5.41) is 4.20. The van der Waals surface area contributed by atoms with Crippen molar-refractivity contribution in [2.75, 3.05) is 18.0 Å². The molecule has 2 aliphatic heterocycles. The lowest BCUT2D eigenvalue weighted by molar-refractivity contribution is -0.0609. The van der Waals surface area contributed by atoms with Crippen LogP contribution >= 0.6 is 0 Å². The summed E-state index contributed by atoms with van der Waals surface area (Å²) >= 11 is 0. The van der Waals surface area contributed by atoms with Gasteiger partial charge in [0.2, 0.25) is 5.95 Å². The fourth-order valence-corrected chi connectivity index (χ4v) is 3.25. The number of morpholine rings is 1. The highest BCUT2D eigenvalue weighted by atomic mass is 16.5. The van der Waals surface area contributed by atoms with E-state index in [1.54, 1.807) is 6.20 Å². The second-order valence-corrected chi connectivity index (χ2v) is 5.80. The van der Waals surface area contributed by atoms with Crippen LogP contribution in [0.15, 0.2) is 24.5 Å². The third-order valence-corrected chi connectivity index (χ3v) is 4.29. The van der Waals surface area contributed by atoms with E-state index in [1.165, 1.54) is 6.42 Å². The molecule has 0 saturated carbocycles. The average molecular weight is 285 g/mol. The maximum Gasteiger partial charge on any atom is 0.226 e. The second-order valence-electron chi connectivity index (χ2n) is 5.80. The zero-order valence-electron chi connectivity index (χ0n) is 12.1. The molecule has 21 heavy (non-hydrogen) atoms. The number of anilines is 1. The minimum atomic E-state index is 0.335. The van der Waals surface area contributed by atoms with Crippen molar-refractivity contribution in [3.8, 4) is 11.4 Å². The summed E-state index contributed by atoms with van der Waals surface area (Å²) in [5.74, 6) is 0.800. The van der Waals surface area contributed by atoms with E-state index < -0.39 is 0 Å². The van der Waals surface area contributed by atoms with Gasteiger partial charge in [-0.3, -0.25) is 4.68 Å². The zero-order valence-corrected chi connectivity index (χ0v) is 12.1. The first-order valence-electron chi connectivity index (χ1n) is 7.51. The molecule has 6 nitrogen and oxygen atoms in total. The first kappa shape index (κ1) is 12.8. The number of hydrogen-bond donors (Lipinski definition) is 0. The van der Waals surface area contributed by atoms with Crippen molar-refractivity contribution in [2.45, 2.75) is 31.5 Å². The molecule has 0 aliphatic carbocycles. The molecular weight excluding hydrogens is 266 g/mol. The molecule has 2 aromatic rings. The highest BCUT2D eigenvalue weighted by molar-refractivity contribution is 5.55. The van der Waals surface area contributed by atoms with Gasteiger partial charge in [-0.2, -0.15) is 5.10 Å². The minimum absolute atomic E-state index is 0.335. The highest BCUT2D eigenvalue weighted by Crippen LogP contribution is 2.27. The van der Waals surface area contributed by atoms with Crippen LogP contribution in [0.25, 0.3) is 11.4 Å². The molecular formula is C15H19N5O. The van der Waals surface area contributed by atoms with E-state index in [-0.39, 0.29) is 0 Å². The van der Waals surface area contributed by atoms with Gasteiger partial charge in [-0.15, -0.1) is 0 Å². The van der Waals surface area contributed by atoms with Crippen LogP contribution in [-0.2, 0) is 11.8 Å². The minimum Gasteiger partial charge on any atom is -0.371 e. The SMILES string of the molecule is Cn1nccc1-c1ccnc(N2CC3CCCC(C2)O3)n1. The number of hydrogen-bond acceptors (Lipinski definition) is 5. The Kier molecular flexibility index (Phi) is 3.11. The van der Waals surface area contributed by atoms with Crippen molar-refractivity contribution in [1.82, 2.24) is 19.7 Å². The monoisotopic (exact) mass is 285 g/mol. The van der Waals surface area contributed by atoms with E-state index in [4.69, 9.17) is 9.72 Å². The Morgan fingerprint density at radius 1 is 1.14 bits per heavy atom. The quantitative estimate of drug-likeness (QED) is 0.839. The Hall–Kier alpha value is -1.95. The maximum absolute atomic E-state index is 5.98. The smallest absolute Gasteiger partial charge is 0.226 e. The Morgan fingerprint density at radius 3 is 2.67 bits per heavy atom. The van der Waals surface area contributed by atoms with Crippen LogP contribution in [0.5, 0.6) is 0 Å². The van der Waals surface area contributed by atoms with E-state index in [0.717, 1.165) is 43.3 Å². The van der Waals surface area contributed by atoms with Crippen molar-refractivity contribution in [1.29, 1.82) is 0 Å². The standard InChI is InChI=1S/C15H19N5O/c1-19-14(6-8-17-19)13-5-7-16-15(18-13)20-9-11-3-2-4-12(10-20)21-11/h5-8,11-12H,2-4,9-10H2,1H3. The number of aromatic nitrogens is 4.